The first kappa shape index (κ1) is 18.7. The molecule has 0 aliphatic carbocycles. The molecular weight excluding hydrogens is 463 g/mol. The van der Waals surface area contributed by atoms with Gasteiger partial charge in [-0.15, -0.1) is 0 Å². The van der Waals surface area contributed by atoms with Crippen LogP contribution in [-0.2, 0) is 0 Å². The predicted octanol–water partition coefficient (Wildman–Crippen LogP) is 8.10. The molecule has 4 heteroatoms. The minimum Gasteiger partial charge on any atom is -0.285 e. The van der Waals surface area contributed by atoms with Gasteiger partial charge in [0.2, 0.25) is 10.9 Å². The van der Waals surface area contributed by atoms with Crippen molar-refractivity contribution in [1.82, 2.24) is 0 Å². The van der Waals surface area contributed by atoms with Crippen LogP contribution in [0.4, 0.5) is 0 Å². The highest BCUT2D eigenvalue weighted by molar-refractivity contribution is 6.48. The Balaban J connectivity index is 1.76. The molecule has 0 radical (unpaired) electrons. The standard InChI is InChI=1S/C30H12Cl2O2/c31-27-26-20-11-17-7-5-14-9-13-3-1-2-4-18(13)19-10-16-8-6-15(23(20)25(16)24(17)22(14)19)12-21(26)29(33)30(34)28(27)32/h1-12H. The van der Waals surface area contributed by atoms with Gasteiger partial charge in [0.05, 0.1) is 5.02 Å². The van der Waals surface area contributed by atoms with Crippen LogP contribution in [0.15, 0.2) is 82.4 Å². The van der Waals surface area contributed by atoms with E-state index < -0.39 is 10.9 Å². The summed E-state index contributed by atoms with van der Waals surface area (Å²) in [5, 5.41) is 14.2. The zero-order valence-electron chi connectivity index (χ0n) is 17.5. The highest BCUT2D eigenvalue weighted by Crippen LogP contribution is 2.47. The first-order valence-corrected chi connectivity index (χ1v) is 11.8. The maximum atomic E-state index is 12.9. The molecular formula is C30H12Cl2O2. The molecule has 0 saturated carbocycles. The van der Waals surface area contributed by atoms with E-state index in [-0.39, 0.29) is 10.0 Å². The first-order chi connectivity index (χ1) is 16.5. The fraction of sp³-hybridized carbons (Fsp3) is 0. The first-order valence-electron chi connectivity index (χ1n) is 11.0. The van der Waals surface area contributed by atoms with Gasteiger partial charge in [0.15, 0.2) is 0 Å². The van der Waals surface area contributed by atoms with Crippen LogP contribution < -0.4 is 10.9 Å². The van der Waals surface area contributed by atoms with Crippen LogP contribution in [0.25, 0.3) is 75.4 Å². The second-order valence-corrected chi connectivity index (χ2v) is 9.81. The van der Waals surface area contributed by atoms with Crippen molar-refractivity contribution in [1.29, 1.82) is 0 Å². The molecule has 0 fully saturated rings. The number of rotatable bonds is 0. The van der Waals surface area contributed by atoms with E-state index in [1.807, 2.05) is 6.07 Å². The van der Waals surface area contributed by atoms with E-state index in [1.54, 1.807) is 6.07 Å². The lowest BCUT2D eigenvalue weighted by molar-refractivity contribution is 1.55. The van der Waals surface area contributed by atoms with Crippen LogP contribution in [0, 0.1) is 0 Å². The predicted molar refractivity (Wildman–Crippen MR) is 145 cm³/mol. The Morgan fingerprint density at radius 1 is 0.412 bits per heavy atom. The van der Waals surface area contributed by atoms with Gasteiger partial charge in [-0.3, -0.25) is 9.59 Å². The molecule has 0 aliphatic heterocycles. The van der Waals surface area contributed by atoms with E-state index >= 15 is 0 Å². The monoisotopic (exact) mass is 474 g/mol. The Bertz CT molecular complexity index is 2290. The normalized spacial score (nSPS) is 12.6. The lowest BCUT2D eigenvalue weighted by Crippen LogP contribution is -2.24. The molecule has 0 spiro atoms. The highest BCUT2D eigenvalue weighted by Gasteiger charge is 2.22. The minimum absolute atomic E-state index is 0.141. The van der Waals surface area contributed by atoms with Crippen LogP contribution in [0.1, 0.15) is 0 Å². The van der Waals surface area contributed by atoms with E-state index in [0.29, 0.717) is 10.8 Å². The number of hydrogen-bond donors (Lipinski definition) is 0. The van der Waals surface area contributed by atoms with E-state index in [9.17, 15) is 9.59 Å². The van der Waals surface area contributed by atoms with Crippen molar-refractivity contribution in [2.24, 2.45) is 0 Å². The highest BCUT2D eigenvalue weighted by atomic mass is 35.5. The van der Waals surface area contributed by atoms with Gasteiger partial charge in [-0.05, 0) is 88.9 Å². The van der Waals surface area contributed by atoms with Crippen LogP contribution in [0.3, 0.4) is 0 Å². The molecule has 0 bridgehead atoms. The third kappa shape index (κ3) is 2.05. The van der Waals surface area contributed by atoms with Crippen LogP contribution >= 0.6 is 23.2 Å². The minimum atomic E-state index is -0.754. The van der Waals surface area contributed by atoms with Gasteiger partial charge in [-0.2, -0.15) is 0 Å². The van der Waals surface area contributed by atoms with E-state index in [1.165, 1.54) is 32.3 Å². The van der Waals surface area contributed by atoms with Gasteiger partial charge in [-0.1, -0.05) is 71.7 Å². The molecule has 0 aromatic heterocycles. The molecule has 2 nitrogen and oxygen atoms in total. The summed E-state index contributed by atoms with van der Waals surface area (Å²) in [7, 11) is 0. The fourth-order valence-corrected chi connectivity index (χ4v) is 6.46. The topological polar surface area (TPSA) is 34.1 Å². The molecule has 0 heterocycles. The van der Waals surface area contributed by atoms with Crippen LogP contribution in [0.5, 0.6) is 0 Å². The van der Waals surface area contributed by atoms with Crippen molar-refractivity contribution in [3.05, 3.63) is 103 Å². The van der Waals surface area contributed by atoms with E-state index in [4.69, 9.17) is 23.2 Å². The molecule has 0 amide bonds. The molecule has 8 rings (SSSR count). The summed E-state index contributed by atoms with van der Waals surface area (Å²) in [5.41, 5.74) is -1.37. The Kier molecular flexibility index (Phi) is 3.32. The van der Waals surface area contributed by atoms with Crippen LogP contribution in [0.2, 0.25) is 10.0 Å². The Morgan fingerprint density at radius 3 is 1.71 bits per heavy atom. The molecule has 158 valence electrons. The van der Waals surface area contributed by atoms with Gasteiger partial charge in [0.25, 0.3) is 0 Å². The quantitative estimate of drug-likeness (QED) is 0.126. The lowest BCUT2D eigenvalue weighted by Gasteiger charge is -2.19. The Labute approximate surface area is 201 Å². The smallest absolute Gasteiger partial charge is 0.246 e. The van der Waals surface area contributed by atoms with Gasteiger partial charge < -0.3 is 0 Å². The molecule has 0 unspecified atom stereocenters. The van der Waals surface area contributed by atoms with Crippen molar-refractivity contribution >= 4 is 98.6 Å². The van der Waals surface area contributed by atoms with Crippen molar-refractivity contribution in [2.75, 3.05) is 0 Å². The van der Waals surface area contributed by atoms with Crippen molar-refractivity contribution in [3.8, 4) is 0 Å². The zero-order valence-corrected chi connectivity index (χ0v) is 19.0. The summed E-state index contributed by atoms with van der Waals surface area (Å²) in [5.74, 6) is 0. The molecule has 34 heavy (non-hydrogen) atoms. The number of hydrogen-bond acceptors (Lipinski definition) is 2. The third-order valence-corrected chi connectivity index (χ3v) is 8.23. The summed E-state index contributed by atoms with van der Waals surface area (Å²) >= 11 is 12.8. The Morgan fingerprint density at radius 2 is 0.971 bits per heavy atom. The lowest BCUT2D eigenvalue weighted by atomic mass is 9.84. The molecule has 8 aromatic carbocycles. The van der Waals surface area contributed by atoms with E-state index in [2.05, 4.69) is 60.7 Å². The van der Waals surface area contributed by atoms with E-state index in [0.717, 1.165) is 32.3 Å². The maximum Gasteiger partial charge on any atom is 0.246 e. The van der Waals surface area contributed by atoms with Gasteiger partial charge in [-0.25, -0.2) is 0 Å². The average molecular weight is 475 g/mol. The second-order valence-electron chi connectivity index (χ2n) is 9.05. The van der Waals surface area contributed by atoms with Crippen LogP contribution in [-0.4, -0.2) is 0 Å². The maximum absolute atomic E-state index is 12.9. The summed E-state index contributed by atoms with van der Waals surface area (Å²) in [4.78, 5) is 25.3. The Hall–Kier alpha value is -3.72. The van der Waals surface area contributed by atoms with Crippen molar-refractivity contribution in [3.63, 3.8) is 0 Å². The molecule has 0 saturated heterocycles. The van der Waals surface area contributed by atoms with Gasteiger partial charge >= 0.3 is 0 Å². The van der Waals surface area contributed by atoms with Gasteiger partial charge in [0.1, 0.15) is 5.02 Å². The summed E-state index contributed by atoms with van der Waals surface area (Å²) in [6.07, 6.45) is 0. The zero-order chi connectivity index (χ0) is 22.9. The summed E-state index contributed by atoms with van der Waals surface area (Å²) < 4.78 is 0. The molecule has 0 aliphatic rings. The molecule has 0 N–H and O–H groups in total. The van der Waals surface area contributed by atoms with Crippen molar-refractivity contribution in [2.45, 2.75) is 0 Å². The molecule has 0 atom stereocenters. The summed E-state index contributed by atoms with van der Waals surface area (Å²) in [6.45, 7) is 0. The third-order valence-electron chi connectivity index (χ3n) is 7.39. The number of halogens is 2. The number of fused-ring (bicyclic) bond motifs is 4. The largest absolute Gasteiger partial charge is 0.285 e. The average Bonchev–Trinajstić information content (AvgIpc) is 2.87. The van der Waals surface area contributed by atoms with Crippen molar-refractivity contribution < 1.29 is 0 Å². The SMILES string of the molecule is O=c1c(Cl)c(Cl)c2c(cc3ccc4cc5c6ccccc6cc6ccc7cc2c3c4c7c65)c1=O. The summed E-state index contributed by atoms with van der Waals surface area (Å²) in [6, 6.07) is 25.3. The fourth-order valence-electron chi connectivity index (χ4n) is 5.99. The number of benzene rings is 8. The second kappa shape index (κ2) is 6.04. The van der Waals surface area contributed by atoms with Gasteiger partial charge in [0, 0.05) is 10.8 Å². The molecule has 8 aromatic rings.